The smallest absolute Gasteiger partial charge is 0.441 e. The Morgan fingerprint density at radius 3 is 2.96 bits per heavy atom. The van der Waals surface area contributed by atoms with Crippen LogP contribution in [0.3, 0.4) is 0 Å². The zero-order valence-corrected chi connectivity index (χ0v) is 15.7. The normalized spacial score (nSPS) is 18.0. The van der Waals surface area contributed by atoms with Crippen LogP contribution in [0.5, 0.6) is 0 Å². The Morgan fingerprint density at radius 1 is 1.33 bits per heavy atom. The molecule has 6 heteroatoms. The number of rotatable bonds is 7. The molecule has 1 aromatic carbocycles. The molecule has 0 N–H and O–H groups in total. The van der Waals surface area contributed by atoms with E-state index >= 15 is 0 Å². The summed E-state index contributed by atoms with van der Waals surface area (Å²) in [5.74, 6) is -0.0274. The average Bonchev–Trinajstić information content (AvgIpc) is 2.93. The molecule has 3 rings (SSSR count). The summed E-state index contributed by atoms with van der Waals surface area (Å²) in [6.07, 6.45) is 9.22. The van der Waals surface area contributed by atoms with Gasteiger partial charge in [0.15, 0.2) is 5.82 Å². The minimum Gasteiger partial charge on any atom is -0.461 e. The van der Waals surface area contributed by atoms with Gasteiger partial charge in [0.25, 0.3) is 0 Å². The molecule has 0 saturated carbocycles. The van der Waals surface area contributed by atoms with Crippen molar-refractivity contribution in [1.29, 1.82) is 0 Å². The van der Waals surface area contributed by atoms with Gasteiger partial charge in [-0.3, -0.25) is 13.9 Å². The Hall–Kier alpha value is -2.63. The number of ether oxygens (including phenoxy) is 1. The highest BCUT2D eigenvalue weighted by Crippen LogP contribution is 2.24. The standard InChI is InChI=1S/C21H26N2O4/c1-16(20(24)26-15-17-10-3-2-4-11-17)9-5-6-12-18-13-7-8-14-19-22-27-21(25)23(18)19/h2-6,10-11,16,18H,7-9,12-15H2,1H3/t16-,18-/m0/s1. The molecule has 0 spiro atoms. The number of fused-ring (bicyclic) bond motifs is 1. The molecule has 0 bridgehead atoms. The Bertz CT molecular complexity index is 822. The van der Waals surface area contributed by atoms with E-state index < -0.39 is 0 Å². The molecule has 0 radical (unpaired) electrons. The van der Waals surface area contributed by atoms with Crippen molar-refractivity contribution in [3.05, 3.63) is 64.4 Å². The second-order valence-electron chi connectivity index (χ2n) is 7.07. The molecule has 0 amide bonds. The van der Waals surface area contributed by atoms with Crippen LogP contribution in [0.15, 0.2) is 51.8 Å². The van der Waals surface area contributed by atoms with Crippen molar-refractivity contribution in [2.24, 2.45) is 5.92 Å². The lowest BCUT2D eigenvalue weighted by Crippen LogP contribution is -2.21. The van der Waals surface area contributed by atoms with Gasteiger partial charge in [0, 0.05) is 12.5 Å². The predicted octanol–water partition coefficient (Wildman–Crippen LogP) is 3.82. The van der Waals surface area contributed by atoms with E-state index in [1.54, 1.807) is 4.57 Å². The van der Waals surface area contributed by atoms with Crippen LogP contribution in [0.1, 0.15) is 56.5 Å². The van der Waals surface area contributed by atoms with Gasteiger partial charge in [-0.25, -0.2) is 4.79 Å². The van der Waals surface area contributed by atoms with Gasteiger partial charge in [0.2, 0.25) is 0 Å². The zero-order valence-electron chi connectivity index (χ0n) is 15.7. The van der Waals surface area contributed by atoms with E-state index in [1.807, 2.05) is 49.4 Å². The van der Waals surface area contributed by atoms with Crippen LogP contribution >= 0.6 is 0 Å². The molecule has 1 aliphatic heterocycles. The highest BCUT2D eigenvalue weighted by atomic mass is 16.5. The third kappa shape index (κ3) is 5.18. The van der Waals surface area contributed by atoms with E-state index in [2.05, 4.69) is 5.16 Å². The van der Waals surface area contributed by atoms with Crippen molar-refractivity contribution < 1.29 is 14.1 Å². The van der Waals surface area contributed by atoms with E-state index in [9.17, 15) is 9.59 Å². The van der Waals surface area contributed by atoms with Gasteiger partial charge < -0.3 is 4.74 Å². The Balaban J connectivity index is 1.47. The van der Waals surface area contributed by atoms with Crippen molar-refractivity contribution in [2.75, 3.05) is 0 Å². The summed E-state index contributed by atoms with van der Waals surface area (Å²) >= 11 is 0. The van der Waals surface area contributed by atoms with Crippen LogP contribution in [0, 0.1) is 5.92 Å². The molecule has 1 aliphatic rings. The molecule has 1 aromatic heterocycles. The molecule has 6 nitrogen and oxygen atoms in total. The number of carbonyl (C=O) groups excluding carboxylic acids is 1. The van der Waals surface area contributed by atoms with Crippen LogP contribution in [0.4, 0.5) is 0 Å². The topological polar surface area (TPSA) is 74.3 Å². The first-order valence-corrected chi connectivity index (χ1v) is 9.58. The zero-order chi connectivity index (χ0) is 19.1. The largest absolute Gasteiger partial charge is 0.461 e. The Labute approximate surface area is 158 Å². The fraction of sp³-hybridized carbons (Fsp3) is 0.476. The lowest BCUT2D eigenvalue weighted by Gasteiger charge is -2.13. The number of allylic oxidation sites excluding steroid dienone is 2. The quantitative estimate of drug-likeness (QED) is 0.547. The maximum absolute atomic E-state index is 12.1. The van der Waals surface area contributed by atoms with Gasteiger partial charge in [-0.1, -0.05) is 61.0 Å². The monoisotopic (exact) mass is 370 g/mol. The number of hydrogen-bond acceptors (Lipinski definition) is 5. The van der Waals surface area contributed by atoms with Gasteiger partial charge in [-0.2, -0.15) is 0 Å². The van der Waals surface area contributed by atoms with Crippen LogP contribution in [0.2, 0.25) is 0 Å². The lowest BCUT2D eigenvalue weighted by atomic mass is 10.0. The molecule has 27 heavy (non-hydrogen) atoms. The molecular weight excluding hydrogens is 344 g/mol. The summed E-state index contributed by atoms with van der Waals surface area (Å²) in [6.45, 7) is 2.17. The van der Waals surface area contributed by atoms with Crippen LogP contribution in [0.25, 0.3) is 0 Å². The number of carbonyl (C=O) groups is 1. The summed E-state index contributed by atoms with van der Waals surface area (Å²) in [5.41, 5.74) is 0.983. The van der Waals surface area contributed by atoms with Gasteiger partial charge in [-0.15, -0.1) is 0 Å². The second kappa shape index (κ2) is 9.35. The fourth-order valence-corrected chi connectivity index (χ4v) is 3.35. The predicted molar refractivity (Wildman–Crippen MR) is 101 cm³/mol. The summed E-state index contributed by atoms with van der Waals surface area (Å²) < 4.78 is 11.9. The Morgan fingerprint density at radius 2 is 2.15 bits per heavy atom. The Kier molecular flexibility index (Phi) is 6.63. The molecular formula is C21H26N2O4. The van der Waals surface area contributed by atoms with Crippen LogP contribution < -0.4 is 5.76 Å². The third-order valence-corrected chi connectivity index (χ3v) is 4.95. The minimum atomic E-state index is -0.372. The number of aromatic nitrogens is 2. The van der Waals surface area contributed by atoms with Crippen molar-refractivity contribution >= 4 is 5.97 Å². The van der Waals surface area contributed by atoms with Crippen molar-refractivity contribution in [2.45, 2.75) is 58.1 Å². The molecule has 144 valence electrons. The molecule has 2 atom stereocenters. The minimum absolute atomic E-state index is 0.0813. The van der Waals surface area contributed by atoms with Crippen LogP contribution in [-0.2, 0) is 22.6 Å². The first-order chi connectivity index (χ1) is 13.1. The summed E-state index contributed by atoms with van der Waals surface area (Å²) in [6, 6.07) is 9.74. The van der Waals surface area contributed by atoms with Crippen molar-refractivity contribution in [3.63, 3.8) is 0 Å². The van der Waals surface area contributed by atoms with E-state index in [0.29, 0.717) is 13.0 Å². The average molecular weight is 370 g/mol. The number of benzene rings is 1. The maximum atomic E-state index is 12.1. The third-order valence-electron chi connectivity index (χ3n) is 4.95. The SMILES string of the molecule is C[C@@H](CC=CC[C@H]1CCCCc2noc(=O)n21)C(=O)OCc1ccccc1. The molecule has 0 saturated heterocycles. The molecule has 0 fully saturated rings. The highest BCUT2D eigenvalue weighted by molar-refractivity contribution is 5.72. The van der Waals surface area contributed by atoms with Crippen molar-refractivity contribution in [1.82, 2.24) is 9.72 Å². The summed E-state index contributed by atoms with van der Waals surface area (Å²) in [5, 5.41) is 3.88. The second-order valence-corrected chi connectivity index (χ2v) is 7.07. The van der Waals surface area contributed by atoms with Gasteiger partial charge in [-0.05, 0) is 31.2 Å². The fourth-order valence-electron chi connectivity index (χ4n) is 3.35. The molecule has 0 unspecified atom stereocenters. The van der Waals surface area contributed by atoms with Crippen LogP contribution in [-0.4, -0.2) is 15.7 Å². The first-order valence-electron chi connectivity index (χ1n) is 9.58. The summed E-state index contributed by atoms with van der Waals surface area (Å²) in [7, 11) is 0. The lowest BCUT2D eigenvalue weighted by molar-refractivity contribution is -0.149. The number of aryl methyl sites for hydroxylation is 1. The molecule has 0 aliphatic carbocycles. The van der Waals surface area contributed by atoms with E-state index in [1.165, 1.54) is 0 Å². The highest BCUT2D eigenvalue weighted by Gasteiger charge is 2.22. The van der Waals surface area contributed by atoms with Gasteiger partial charge in [0.1, 0.15) is 6.61 Å². The maximum Gasteiger partial charge on any atom is 0.441 e. The number of esters is 1. The van der Waals surface area contributed by atoms with E-state index in [-0.39, 0.29) is 23.7 Å². The number of hydrogen-bond donors (Lipinski definition) is 0. The molecule has 2 heterocycles. The number of nitrogens with zero attached hydrogens (tertiary/aromatic N) is 2. The van der Waals surface area contributed by atoms with Crippen molar-refractivity contribution in [3.8, 4) is 0 Å². The van der Waals surface area contributed by atoms with E-state index in [4.69, 9.17) is 9.26 Å². The summed E-state index contributed by atoms with van der Waals surface area (Å²) in [4.78, 5) is 24.0. The first kappa shape index (κ1) is 19.1. The van der Waals surface area contributed by atoms with Gasteiger partial charge >= 0.3 is 11.7 Å². The molecule has 2 aromatic rings. The van der Waals surface area contributed by atoms with E-state index in [0.717, 1.165) is 43.5 Å². The van der Waals surface area contributed by atoms with Gasteiger partial charge in [0.05, 0.1) is 5.92 Å².